The molecule has 0 atom stereocenters. The van der Waals surface area contributed by atoms with E-state index in [4.69, 9.17) is 9.73 Å². The van der Waals surface area contributed by atoms with Gasteiger partial charge in [-0.3, -0.25) is 4.79 Å². The van der Waals surface area contributed by atoms with E-state index in [1.165, 1.54) is 43.2 Å². The third-order valence-corrected chi connectivity index (χ3v) is 9.26. The molecule has 200 valence electrons. The summed E-state index contributed by atoms with van der Waals surface area (Å²) in [5.41, 5.74) is 7.46. The highest BCUT2D eigenvalue weighted by Crippen LogP contribution is 2.40. The third-order valence-electron chi connectivity index (χ3n) is 8.06. The number of aryl methyl sites for hydroxylation is 2. The van der Waals surface area contributed by atoms with Crippen LogP contribution < -0.4 is 5.32 Å². The predicted octanol–water partition coefficient (Wildman–Crippen LogP) is 6.94. The molecule has 7 heteroatoms. The molecule has 3 aromatic rings. The molecule has 5 rings (SSSR count). The SMILES string of the molecule is COC(=O)c1cccc(-n2c(C)cc(C=Nc3sc4c(c3C(=O)NC3CCCCC3)CCCC4)c2C)c1C. The van der Waals surface area contributed by atoms with Crippen molar-refractivity contribution in [2.75, 3.05) is 7.11 Å². The average molecular weight is 532 g/mol. The van der Waals surface area contributed by atoms with Gasteiger partial charge in [-0.1, -0.05) is 25.3 Å². The number of carbonyl (C=O) groups is 2. The van der Waals surface area contributed by atoms with E-state index >= 15 is 0 Å². The second-order valence-corrected chi connectivity index (χ2v) is 11.6. The summed E-state index contributed by atoms with van der Waals surface area (Å²) in [5.74, 6) is -0.293. The fraction of sp³-hybridized carbons (Fsp3) is 0.452. The summed E-state index contributed by atoms with van der Waals surface area (Å²) in [6, 6.07) is 8.08. The van der Waals surface area contributed by atoms with E-state index < -0.39 is 0 Å². The number of fused-ring (bicyclic) bond motifs is 1. The lowest BCUT2D eigenvalue weighted by Crippen LogP contribution is -2.36. The lowest BCUT2D eigenvalue weighted by molar-refractivity contribution is 0.0599. The van der Waals surface area contributed by atoms with Crippen LogP contribution in [-0.2, 0) is 17.6 Å². The Morgan fingerprint density at radius 3 is 2.61 bits per heavy atom. The Labute approximate surface area is 229 Å². The molecule has 2 aromatic heterocycles. The van der Waals surface area contributed by atoms with Gasteiger partial charge in [-0.2, -0.15) is 0 Å². The van der Waals surface area contributed by atoms with Gasteiger partial charge in [0.15, 0.2) is 0 Å². The first-order valence-corrected chi connectivity index (χ1v) is 14.6. The van der Waals surface area contributed by atoms with Crippen molar-refractivity contribution in [1.82, 2.24) is 9.88 Å². The molecule has 0 saturated heterocycles. The highest BCUT2D eigenvalue weighted by Gasteiger charge is 2.27. The van der Waals surface area contributed by atoms with Gasteiger partial charge in [-0.25, -0.2) is 9.79 Å². The van der Waals surface area contributed by atoms with Crippen molar-refractivity contribution in [1.29, 1.82) is 0 Å². The minimum Gasteiger partial charge on any atom is -0.465 e. The molecular weight excluding hydrogens is 494 g/mol. The molecule has 2 heterocycles. The first kappa shape index (κ1) is 26.4. The van der Waals surface area contributed by atoms with Crippen molar-refractivity contribution in [3.63, 3.8) is 0 Å². The second kappa shape index (κ2) is 11.3. The standard InChI is InChI=1S/C31H37N3O3S/c1-19-17-22(21(3)34(19)26-15-10-14-24(20(26)2)31(36)37-4)18-32-30-28(25-13-8-9-16-27(25)38-30)29(35)33-23-11-6-5-7-12-23/h10,14-15,17-18,23H,5-9,11-13,16H2,1-4H3,(H,33,35). The number of aliphatic imine (C=N–C) groups is 1. The summed E-state index contributed by atoms with van der Waals surface area (Å²) >= 11 is 1.68. The van der Waals surface area contributed by atoms with E-state index in [2.05, 4.69) is 29.8 Å². The average Bonchev–Trinajstić information content (AvgIpc) is 3.43. The zero-order valence-electron chi connectivity index (χ0n) is 22.9. The Hall–Kier alpha value is -3.19. The number of thiophene rings is 1. The molecule has 0 spiro atoms. The minimum absolute atomic E-state index is 0.0455. The fourth-order valence-corrected chi connectivity index (χ4v) is 7.23. The first-order valence-electron chi connectivity index (χ1n) is 13.8. The number of hydrogen-bond acceptors (Lipinski definition) is 5. The summed E-state index contributed by atoms with van der Waals surface area (Å²) in [6.45, 7) is 6.07. The highest BCUT2D eigenvalue weighted by molar-refractivity contribution is 7.16. The molecule has 38 heavy (non-hydrogen) atoms. The Morgan fingerprint density at radius 2 is 1.84 bits per heavy atom. The Kier molecular flexibility index (Phi) is 7.84. The monoisotopic (exact) mass is 531 g/mol. The van der Waals surface area contributed by atoms with Crippen LogP contribution in [0.2, 0.25) is 0 Å². The van der Waals surface area contributed by atoms with E-state index in [1.54, 1.807) is 17.4 Å². The molecule has 0 unspecified atom stereocenters. The predicted molar refractivity (Wildman–Crippen MR) is 154 cm³/mol. The van der Waals surface area contributed by atoms with Crippen LogP contribution in [0.5, 0.6) is 0 Å². The topological polar surface area (TPSA) is 72.7 Å². The lowest BCUT2D eigenvalue weighted by Gasteiger charge is -2.23. The molecule has 0 aliphatic heterocycles. The van der Waals surface area contributed by atoms with E-state index in [1.807, 2.05) is 25.3 Å². The zero-order valence-corrected chi connectivity index (χ0v) is 23.7. The number of nitrogens with one attached hydrogen (secondary N) is 1. The molecule has 1 saturated carbocycles. The lowest BCUT2D eigenvalue weighted by atomic mass is 9.93. The number of nitrogens with zero attached hydrogens (tertiary/aromatic N) is 2. The number of hydrogen-bond donors (Lipinski definition) is 1. The van der Waals surface area contributed by atoms with Gasteiger partial charge in [0.2, 0.25) is 0 Å². The van der Waals surface area contributed by atoms with Crippen molar-refractivity contribution in [2.24, 2.45) is 4.99 Å². The van der Waals surface area contributed by atoms with Gasteiger partial charge in [-0.05, 0) is 88.6 Å². The van der Waals surface area contributed by atoms with Crippen LogP contribution in [0.15, 0.2) is 29.3 Å². The smallest absolute Gasteiger partial charge is 0.338 e. The van der Waals surface area contributed by atoms with Crippen LogP contribution in [-0.4, -0.2) is 35.8 Å². The van der Waals surface area contributed by atoms with Crippen molar-refractivity contribution in [2.45, 2.75) is 84.6 Å². The zero-order chi connectivity index (χ0) is 26.8. The highest BCUT2D eigenvalue weighted by atomic mass is 32.1. The summed E-state index contributed by atoms with van der Waals surface area (Å²) in [5, 5.41) is 4.15. The van der Waals surface area contributed by atoms with Crippen LogP contribution in [0.1, 0.15) is 98.6 Å². The van der Waals surface area contributed by atoms with Gasteiger partial charge in [0.25, 0.3) is 5.91 Å². The molecule has 1 amide bonds. The molecule has 0 radical (unpaired) electrons. The van der Waals surface area contributed by atoms with E-state index in [0.717, 1.165) is 70.9 Å². The molecule has 2 aliphatic carbocycles. The van der Waals surface area contributed by atoms with Crippen molar-refractivity contribution in [3.8, 4) is 5.69 Å². The molecule has 0 bridgehead atoms. The van der Waals surface area contributed by atoms with E-state index in [9.17, 15) is 9.59 Å². The van der Waals surface area contributed by atoms with Gasteiger partial charge in [0, 0.05) is 39.8 Å². The largest absolute Gasteiger partial charge is 0.465 e. The van der Waals surface area contributed by atoms with Crippen molar-refractivity contribution < 1.29 is 14.3 Å². The van der Waals surface area contributed by atoms with Gasteiger partial charge < -0.3 is 14.6 Å². The van der Waals surface area contributed by atoms with Crippen LogP contribution >= 0.6 is 11.3 Å². The molecule has 2 aliphatic rings. The maximum atomic E-state index is 13.5. The Bertz CT molecular complexity index is 1390. The Morgan fingerprint density at radius 1 is 1.08 bits per heavy atom. The van der Waals surface area contributed by atoms with Crippen molar-refractivity contribution >= 4 is 34.4 Å². The summed E-state index contributed by atoms with van der Waals surface area (Å²) in [6.07, 6.45) is 12.0. The number of carbonyl (C=O) groups excluding carboxylic acids is 2. The summed E-state index contributed by atoms with van der Waals surface area (Å²) in [4.78, 5) is 32.0. The van der Waals surface area contributed by atoms with Gasteiger partial charge in [0.1, 0.15) is 5.00 Å². The molecule has 6 nitrogen and oxygen atoms in total. The Balaban J connectivity index is 1.48. The number of methoxy groups -OCH3 is 1. The molecule has 1 fully saturated rings. The molecular formula is C31H37N3O3S. The van der Waals surface area contributed by atoms with Crippen LogP contribution in [0.4, 0.5) is 5.00 Å². The van der Waals surface area contributed by atoms with Gasteiger partial charge in [-0.15, -0.1) is 11.3 Å². The third kappa shape index (κ3) is 5.08. The number of amides is 1. The number of benzene rings is 1. The quantitative estimate of drug-likeness (QED) is 0.277. The van der Waals surface area contributed by atoms with Crippen LogP contribution in [0.3, 0.4) is 0 Å². The minimum atomic E-state index is -0.339. The second-order valence-electron chi connectivity index (χ2n) is 10.6. The van der Waals surface area contributed by atoms with Crippen molar-refractivity contribution in [3.05, 3.63) is 68.3 Å². The fourth-order valence-electron chi connectivity index (χ4n) is 6.00. The van der Waals surface area contributed by atoms with E-state index in [0.29, 0.717) is 5.56 Å². The number of ether oxygens (including phenoxy) is 1. The first-order chi connectivity index (χ1) is 18.4. The van der Waals surface area contributed by atoms with E-state index in [-0.39, 0.29) is 17.9 Å². The maximum absolute atomic E-state index is 13.5. The normalized spacial score (nSPS) is 16.0. The van der Waals surface area contributed by atoms with Crippen LogP contribution in [0.25, 0.3) is 5.69 Å². The maximum Gasteiger partial charge on any atom is 0.338 e. The summed E-state index contributed by atoms with van der Waals surface area (Å²) < 4.78 is 7.13. The summed E-state index contributed by atoms with van der Waals surface area (Å²) in [7, 11) is 1.40. The number of aromatic nitrogens is 1. The number of rotatable bonds is 6. The molecule has 1 aromatic carbocycles. The van der Waals surface area contributed by atoms with Gasteiger partial charge >= 0.3 is 5.97 Å². The molecule has 1 N–H and O–H groups in total. The van der Waals surface area contributed by atoms with Gasteiger partial charge in [0.05, 0.1) is 18.2 Å². The van der Waals surface area contributed by atoms with Crippen LogP contribution in [0, 0.1) is 20.8 Å². The number of esters is 1.